The van der Waals surface area contributed by atoms with Crippen LogP contribution in [0.15, 0.2) is 36.4 Å². The van der Waals surface area contributed by atoms with E-state index in [0.717, 1.165) is 73.4 Å². The maximum atomic E-state index is 13.6. The summed E-state index contributed by atoms with van der Waals surface area (Å²) in [6.45, 7) is 8.24. The highest BCUT2D eigenvalue weighted by molar-refractivity contribution is 6.34. The molecule has 0 bridgehead atoms. The largest absolute Gasteiger partial charge is 0.508 e. The quantitative estimate of drug-likeness (QED) is 0.655. The summed E-state index contributed by atoms with van der Waals surface area (Å²) in [7, 11) is 0. The summed E-state index contributed by atoms with van der Waals surface area (Å²) in [5, 5.41) is 11.5. The summed E-state index contributed by atoms with van der Waals surface area (Å²) >= 11 is 6.56. The van der Waals surface area contributed by atoms with E-state index in [1.165, 1.54) is 0 Å². The van der Waals surface area contributed by atoms with E-state index < -0.39 is 0 Å². The second-order valence-corrected chi connectivity index (χ2v) is 8.12. The van der Waals surface area contributed by atoms with E-state index in [4.69, 9.17) is 16.3 Å². The number of hydrogen-bond donors (Lipinski definition) is 1. The van der Waals surface area contributed by atoms with Crippen molar-refractivity contribution in [2.75, 3.05) is 32.8 Å². The number of phenolic OH excluding ortho intramolecular Hbond substituents is 1. The molecule has 158 valence electrons. The van der Waals surface area contributed by atoms with Crippen molar-refractivity contribution >= 4 is 28.4 Å². The minimum absolute atomic E-state index is 0.138. The Morgan fingerprint density at radius 1 is 1.20 bits per heavy atom. The number of aromatic nitrogens is 1. The molecule has 3 aromatic rings. The third-order valence-corrected chi connectivity index (χ3v) is 6.44. The normalized spacial score (nSPS) is 15.0. The molecule has 1 aliphatic heterocycles. The Kier molecular flexibility index (Phi) is 6.14. The maximum Gasteiger partial charge on any atom is 0.264 e. The Morgan fingerprint density at radius 3 is 2.70 bits per heavy atom. The number of benzene rings is 2. The molecule has 5 nitrogen and oxygen atoms in total. The van der Waals surface area contributed by atoms with Crippen LogP contribution in [0, 0.1) is 6.92 Å². The molecule has 4 rings (SSSR count). The van der Waals surface area contributed by atoms with Crippen LogP contribution in [-0.4, -0.2) is 53.3 Å². The Balaban J connectivity index is 1.76. The van der Waals surface area contributed by atoms with E-state index in [2.05, 4.69) is 4.90 Å². The lowest BCUT2D eigenvalue weighted by molar-refractivity contribution is 0.0384. The molecule has 1 aliphatic rings. The van der Waals surface area contributed by atoms with E-state index in [9.17, 15) is 9.90 Å². The number of rotatable bonds is 5. The van der Waals surface area contributed by atoms with Crippen LogP contribution in [0.25, 0.3) is 10.9 Å². The van der Waals surface area contributed by atoms with Gasteiger partial charge in [0, 0.05) is 30.7 Å². The number of aromatic hydroxyl groups is 1. The Bertz CT molecular complexity index is 1080. The standard InChI is InChI=1S/C24H27ClN2O3/c1-3-17-5-4-6-20(23(17)25)24(29)27-16(2)19(9-10-26-11-13-30-14-12-26)21-15-18(28)7-8-22(21)27/h4-8,15,28H,3,9-14H2,1-2H3. The number of halogens is 1. The minimum atomic E-state index is -0.138. The lowest BCUT2D eigenvalue weighted by atomic mass is 10.1. The molecule has 0 amide bonds. The van der Waals surface area contributed by atoms with E-state index in [-0.39, 0.29) is 11.7 Å². The zero-order valence-electron chi connectivity index (χ0n) is 17.4. The highest BCUT2D eigenvalue weighted by Gasteiger charge is 2.23. The molecule has 30 heavy (non-hydrogen) atoms. The number of hydrogen-bond acceptors (Lipinski definition) is 4. The second-order valence-electron chi connectivity index (χ2n) is 7.74. The molecule has 2 aromatic carbocycles. The van der Waals surface area contributed by atoms with Gasteiger partial charge in [0.05, 0.1) is 29.3 Å². The molecule has 2 heterocycles. The number of carbonyl (C=O) groups is 1. The van der Waals surface area contributed by atoms with Crippen molar-refractivity contribution in [3.05, 3.63) is 63.8 Å². The number of fused-ring (bicyclic) bond motifs is 1. The maximum absolute atomic E-state index is 13.6. The SMILES string of the molecule is CCc1cccc(C(=O)n2c(C)c(CCN3CCOCC3)c3cc(O)ccc32)c1Cl. The molecule has 0 unspecified atom stereocenters. The van der Waals surface area contributed by atoms with Gasteiger partial charge in [0.15, 0.2) is 0 Å². The molecule has 0 atom stereocenters. The third-order valence-electron chi connectivity index (χ3n) is 5.99. The average Bonchev–Trinajstić information content (AvgIpc) is 3.03. The van der Waals surface area contributed by atoms with Crippen molar-refractivity contribution in [3.8, 4) is 5.75 Å². The summed E-state index contributed by atoms with van der Waals surface area (Å²) in [6, 6.07) is 10.8. The van der Waals surface area contributed by atoms with Crippen molar-refractivity contribution < 1.29 is 14.6 Å². The lowest BCUT2D eigenvalue weighted by Crippen LogP contribution is -2.37. The van der Waals surface area contributed by atoms with E-state index in [1.54, 1.807) is 22.8 Å². The van der Waals surface area contributed by atoms with Gasteiger partial charge >= 0.3 is 0 Å². The first-order valence-electron chi connectivity index (χ1n) is 10.5. The number of phenols is 1. The van der Waals surface area contributed by atoms with Gasteiger partial charge in [0.25, 0.3) is 5.91 Å². The van der Waals surface area contributed by atoms with Crippen LogP contribution in [0.5, 0.6) is 5.75 Å². The van der Waals surface area contributed by atoms with Crippen LogP contribution >= 0.6 is 11.6 Å². The van der Waals surface area contributed by atoms with E-state index >= 15 is 0 Å². The van der Waals surface area contributed by atoms with Gasteiger partial charge in [-0.1, -0.05) is 30.7 Å². The zero-order valence-corrected chi connectivity index (χ0v) is 18.2. The summed E-state index contributed by atoms with van der Waals surface area (Å²) in [5.41, 5.74) is 4.24. The van der Waals surface area contributed by atoms with Crippen molar-refractivity contribution in [3.63, 3.8) is 0 Å². The van der Waals surface area contributed by atoms with Crippen LogP contribution in [-0.2, 0) is 17.6 Å². The van der Waals surface area contributed by atoms with E-state index in [0.29, 0.717) is 10.6 Å². The smallest absolute Gasteiger partial charge is 0.264 e. The third kappa shape index (κ3) is 3.85. The highest BCUT2D eigenvalue weighted by Crippen LogP contribution is 2.32. The topological polar surface area (TPSA) is 54.7 Å². The van der Waals surface area contributed by atoms with Gasteiger partial charge in [-0.05, 0) is 55.2 Å². The van der Waals surface area contributed by atoms with Crippen molar-refractivity contribution in [2.24, 2.45) is 0 Å². The first-order chi connectivity index (χ1) is 14.5. The molecule has 1 aromatic heterocycles. The molecule has 0 radical (unpaired) electrons. The summed E-state index contributed by atoms with van der Waals surface area (Å²) in [4.78, 5) is 15.9. The van der Waals surface area contributed by atoms with Gasteiger partial charge in [-0.15, -0.1) is 0 Å². The summed E-state index contributed by atoms with van der Waals surface area (Å²) < 4.78 is 7.18. The lowest BCUT2D eigenvalue weighted by Gasteiger charge is -2.26. The van der Waals surface area contributed by atoms with Gasteiger partial charge in [0.1, 0.15) is 5.75 Å². The molecular weight excluding hydrogens is 400 g/mol. The number of aryl methyl sites for hydroxylation is 1. The summed E-state index contributed by atoms with van der Waals surface area (Å²) in [5.74, 6) is 0.0619. The predicted molar refractivity (Wildman–Crippen MR) is 120 cm³/mol. The molecule has 1 fully saturated rings. The monoisotopic (exact) mass is 426 g/mol. The number of nitrogens with zero attached hydrogens (tertiary/aromatic N) is 2. The number of morpholine rings is 1. The fraction of sp³-hybridized carbons (Fsp3) is 0.375. The van der Waals surface area contributed by atoms with E-state index in [1.807, 2.05) is 32.0 Å². The number of carbonyl (C=O) groups excluding carboxylic acids is 1. The molecular formula is C24H27ClN2O3. The Hall–Kier alpha value is -2.34. The highest BCUT2D eigenvalue weighted by atomic mass is 35.5. The van der Waals surface area contributed by atoms with Crippen LogP contribution in [0.2, 0.25) is 5.02 Å². The van der Waals surface area contributed by atoms with Crippen molar-refractivity contribution in [1.29, 1.82) is 0 Å². The first-order valence-corrected chi connectivity index (χ1v) is 10.8. The fourth-order valence-corrected chi connectivity index (χ4v) is 4.62. The van der Waals surface area contributed by atoms with Crippen molar-refractivity contribution in [1.82, 2.24) is 9.47 Å². The van der Waals surface area contributed by atoms with Gasteiger partial charge in [0.2, 0.25) is 0 Å². The van der Waals surface area contributed by atoms with Crippen molar-refractivity contribution in [2.45, 2.75) is 26.7 Å². The van der Waals surface area contributed by atoms with Gasteiger partial charge in [-0.2, -0.15) is 0 Å². The van der Waals surface area contributed by atoms with Crippen LogP contribution in [0.4, 0.5) is 0 Å². The van der Waals surface area contributed by atoms with Gasteiger partial charge in [-0.25, -0.2) is 0 Å². The second kappa shape index (κ2) is 8.80. The molecule has 0 spiro atoms. The Morgan fingerprint density at radius 2 is 1.97 bits per heavy atom. The van der Waals surface area contributed by atoms with Crippen LogP contribution in [0.3, 0.4) is 0 Å². The minimum Gasteiger partial charge on any atom is -0.508 e. The molecule has 6 heteroatoms. The Labute approximate surface area is 181 Å². The average molecular weight is 427 g/mol. The van der Waals surface area contributed by atoms with Crippen LogP contribution < -0.4 is 0 Å². The molecule has 1 saturated heterocycles. The predicted octanol–water partition coefficient (Wildman–Crippen LogP) is 4.43. The summed E-state index contributed by atoms with van der Waals surface area (Å²) in [6.07, 6.45) is 1.57. The first kappa shape index (κ1) is 20.9. The van der Waals surface area contributed by atoms with Gasteiger partial charge in [-0.3, -0.25) is 14.3 Å². The molecule has 0 aliphatic carbocycles. The van der Waals surface area contributed by atoms with Gasteiger partial charge < -0.3 is 9.84 Å². The number of ether oxygens (including phenoxy) is 1. The van der Waals surface area contributed by atoms with Crippen LogP contribution in [0.1, 0.15) is 34.1 Å². The fourth-order valence-electron chi connectivity index (χ4n) is 4.28. The molecule has 0 saturated carbocycles. The zero-order chi connectivity index (χ0) is 21.3. The molecule has 1 N–H and O–H groups in total.